The second kappa shape index (κ2) is 5.17. The van der Waals surface area contributed by atoms with Gasteiger partial charge in [-0.2, -0.15) is 26.3 Å². The van der Waals surface area contributed by atoms with Crippen molar-refractivity contribution in [2.75, 3.05) is 0 Å². The molecule has 0 radical (unpaired) electrons. The Morgan fingerprint density at radius 1 is 0.786 bits per heavy atom. The average Bonchev–Trinajstić information content (AvgIpc) is 1.82. The monoisotopic (exact) mass is 250 g/mol. The third-order valence-corrected chi connectivity index (χ3v) is 0.648. The van der Waals surface area contributed by atoms with Gasteiger partial charge in [-0.1, -0.05) is 0 Å². The van der Waals surface area contributed by atoms with Gasteiger partial charge in [0.05, 0.1) is 0 Å². The minimum absolute atomic E-state index is 0. The first kappa shape index (κ1) is 16.4. The normalized spacial score (nSPS) is 11.6. The number of hydrogen-bond acceptors (Lipinski definition) is 3. The van der Waals surface area contributed by atoms with Crippen molar-refractivity contribution in [3.63, 3.8) is 0 Å². The van der Waals surface area contributed by atoms with Crippen LogP contribution in [0.4, 0.5) is 26.3 Å². The van der Waals surface area contributed by atoms with Crippen LogP contribution in [-0.4, -0.2) is 24.3 Å². The molecule has 0 aliphatic rings. The fourth-order valence-electron chi connectivity index (χ4n) is 0.200. The van der Waals surface area contributed by atoms with Gasteiger partial charge in [0.25, 0.3) is 0 Å². The van der Waals surface area contributed by atoms with Gasteiger partial charge in [-0.25, -0.2) is 9.59 Å². The molecule has 0 saturated heterocycles. The van der Waals surface area contributed by atoms with Gasteiger partial charge in [-0.05, 0) is 0 Å². The van der Waals surface area contributed by atoms with Crippen LogP contribution in [0.3, 0.4) is 0 Å². The van der Waals surface area contributed by atoms with Crippen LogP contribution in [-0.2, 0) is 14.3 Å². The molecule has 0 spiro atoms. The zero-order valence-corrected chi connectivity index (χ0v) is 6.55. The molecule has 0 aliphatic carbocycles. The molecule has 0 N–H and O–H groups in total. The van der Waals surface area contributed by atoms with Crippen LogP contribution >= 0.6 is 0 Å². The van der Waals surface area contributed by atoms with Crippen molar-refractivity contribution in [2.24, 2.45) is 0 Å². The van der Waals surface area contributed by atoms with Crippen molar-refractivity contribution in [1.29, 1.82) is 0 Å². The molecule has 0 fully saturated rings. The average molecular weight is 250 g/mol. The Morgan fingerprint density at radius 3 is 1.14 bits per heavy atom. The van der Waals surface area contributed by atoms with Crippen LogP contribution in [0.2, 0.25) is 0 Å². The van der Waals surface area contributed by atoms with E-state index in [-0.39, 0.29) is 37.7 Å². The van der Waals surface area contributed by atoms with Crippen molar-refractivity contribution in [3.8, 4) is 0 Å². The summed E-state index contributed by atoms with van der Waals surface area (Å²) in [6.07, 6.45) is -11.2. The summed E-state index contributed by atoms with van der Waals surface area (Å²) in [5.74, 6) is -6.40. The van der Waals surface area contributed by atoms with E-state index in [1.807, 2.05) is 0 Å². The van der Waals surface area contributed by atoms with E-state index < -0.39 is 24.3 Å². The molecule has 10 heteroatoms. The maximum Gasteiger partial charge on any atom is 0.491 e. The third kappa shape index (κ3) is 5.66. The summed E-state index contributed by atoms with van der Waals surface area (Å²) in [5.41, 5.74) is 0. The van der Waals surface area contributed by atoms with Crippen LogP contribution in [0.5, 0.6) is 0 Å². The van der Waals surface area contributed by atoms with E-state index in [0.717, 1.165) is 0 Å². The quantitative estimate of drug-likeness (QED) is 0.368. The summed E-state index contributed by atoms with van der Waals surface area (Å²) in [7, 11) is 0. The number of carbonyl (C=O) groups is 2. The summed E-state index contributed by atoms with van der Waals surface area (Å²) in [6, 6.07) is 0. The predicted molar refractivity (Wildman–Crippen MR) is 23.2 cm³/mol. The first-order chi connectivity index (χ1) is 5.55. The van der Waals surface area contributed by atoms with E-state index >= 15 is 0 Å². The van der Waals surface area contributed by atoms with Crippen molar-refractivity contribution >= 4 is 11.9 Å². The second-order valence-electron chi connectivity index (χ2n) is 1.67. The largest absolute Gasteiger partial charge is 0.491 e. The Balaban J connectivity index is 0. The first-order valence-corrected chi connectivity index (χ1v) is 2.45. The molecule has 0 atom stereocenters. The van der Waals surface area contributed by atoms with Gasteiger partial charge >= 0.3 is 24.3 Å². The molecule has 0 heterocycles. The number of esters is 2. The smallest absolute Gasteiger partial charge is 0.380 e. The molecule has 0 amide bonds. The predicted octanol–water partition coefficient (Wildman–Crippen LogP) is 1.18. The molecular weight excluding hydrogens is 250 g/mol. The summed E-state index contributed by atoms with van der Waals surface area (Å²) in [5, 5.41) is 0. The standard InChI is InChI=1S/C4F6O3.Ar/c5-3(6,7)1(11)13-2(12)4(8,9)10;. The molecule has 0 aromatic rings. The Bertz CT molecular complexity index is 206. The number of rotatable bonds is 0. The maximum atomic E-state index is 11.2. The number of alkyl halides is 6. The van der Waals surface area contributed by atoms with Crippen LogP contribution in [0.15, 0.2) is 0 Å². The fraction of sp³-hybridized carbons (Fsp3) is 0.500. The Kier molecular flexibility index (Phi) is 6.06. The van der Waals surface area contributed by atoms with E-state index in [1.165, 1.54) is 0 Å². The van der Waals surface area contributed by atoms with Crippen LogP contribution in [0, 0.1) is 37.7 Å². The number of ether oxygens (including phenoxy) is 1. The summed E-state index contributed by atoms with van der Waals surface area (Å²) < 4.78 is 69.7. The SMILES string of the molecule is O=C(OC(=O)C(F)(F)F)C(F)(F)F.[Ar]. The molecular formula is C4ArF6O3. The van der Waals surface area contributed by atoms with Gasteiger partial charge in [0.2, 0.25) is 0 Å². The van der Waals surface area contributed by atoms with Crippen molar-refractivity contribution in [3.05, 3.63) is 0 Å². The van der Waals surface area contributed by atoms with E-state index in [1.54, 1.807) is 0 Å². The fourth-order valence-corrected chi connectivity index (χ4v) is 0.200. The molecule has 0 unspecified atom stereocenters. The van der Waals surface area contributed by atoms with Gasteiger partial charge in [-0.3, -0.25) is 0 Å². The third-order valence-electron chi connectivity index (χ3n) is 0.648. The summed E-state index contributed by atoms with van der Waals surface area (Å²) >= 11 is 0. The van der Waals surface area contributed by atoms with Crippen LogP contribution in [0.25, 0.3) is 0 Å². The van der Waals surface area contributed by atoms with Crippen molar-refractivity contribution in [1.82, 2.24) is 0 Å². The van der Waals surface area contributed by atoms with Gasteiger partial charge in [0, 0.05) is 37.7 Å². The summed E-state index contributed by atoms with van der Waals surface area (Å²) in [4.78, 5) is 19.3. The van der Waals surface area contributed by atoms with Gasteiger partial charge in [0.15, 0.2) is 0 Å². The van der Waals surface area contributed by atoms with E-state index in [2.05, 4.69) is 4.74 Å². The Morgan fingerprint density at radius 2 is 1.00 bits per heavy atom. The molecule has 0 aliphatic heterocycles. The zero-order chi connectivity index (χ0) is 10.9. The number of carbonyl (C=O) groups excluding carboxylic acids is 2. The minimum Gasteiger partial charge on any atom is -0.380 e. The molecule has 0 aromatic carbocycles. The molecule has 0 rings (SSSR count). The Hall–Kier alpha value is -0.0203. The molecule has 0 aromatic heterocycles. The van der Waals surface area contributed by atoms with E-state index in [4.69, 9.17) is 0 Å². The van der Waals surface area contributed by atoms with Gasteiger partial charge in [0.1, 0.15) is 0 Å². The van der Waals surface area contributed by atoms with Crippen LogP contribution in [0.1, 0.15) is 0 Å². The number of halogens is 6. The van der Waals surface area contributed by atoms with Crippen molar-refractivity contribution < 1.29 is 78.4 Å². The molecule has 0 bridgehead atoms. The van der Waals surface area contributed by atoms with Crippen LogP contribution < -0.4 is 0 Å². The van der Waals surface area contributed by atoms with E-state index in [9.17, 15) is 35.9 Å². The summed E-state index contributed by atoms with van der Waals surface area (Å²) in [6.45, 7) is 0. The molecule has 14 heavy (non-hydrogen) atoms. The molecule has 0 saturated carbocycles. The van der Waals surface area contributed by atoms with Crippen molar-refractivity contribution in [2.45, 2.75) is 12.4 Å². The number of hydrogen-bond donors (Lipinski definition) is 0. The van der Waals surface area contributed by atoms with E-state index in [0.29, 0.717) is 0 Å². The maximum absolute atomic E-state index is 11.2. The van der Waals surface area contributed by atoms with Gasteiger partial charge < -0.3 is 4.74 Å². The van der Waals surface area contributed by atoms with Gasteiger partial charge in [-0.15, -0.1) is 0 Å². The second-order valence-corrected chi connectivity index (χ2v) is 1.67. The Labute approximate surface area is 102 Å². The first-order valence-electron chi connectivity index (χ1n) is 2.45. The molecule has 3 nitrogen and oxygen atoms in total. The minimum atomic E-state index is -5.62. The zero-order valence-electron chi connectivity index (χ0n) is 5.85. The molecule has 84 valence electrons. The topological polar surface area (TPSA) is 43.4 Å².